The molecule has 1 saturated carbocycles. The summed E-state index contributed by atoms with van der Waals surface area (Å²) in [7, 11) is 0.766. The highest BCUT2D eigenvalue weighted by molar-refractivity contribution is 6.82. The van der Waals surface area contributed by atoms with E-state index >= 15 is 0 Å². The number of ether oxygens (including phenoxy) is 2. The third kappa shape index (κ3) is 3.10. The van der Waals surface area contributed by atoms with E-state index in [4.69, 9.17) is 9.47 Å². The van der Waals surface area contributed by atoms with E-state index < -0.39 is 24.9 Å². The molecule has 1 fully saturated rings. The Morgan fingerprint density at radius 1 is 1.43 bits per heavy atom. The number of hydrogen-bond acceptors (Lipinski definition) is 4. The summed E-state index contributed by atoms with van der Waals surface area (Å²) < 4.78 is 10.8. The van der Waals surface area contributed by atoms with Gasteiger partial charge < -0.3 is 14.6 Å². The third-order valence-electron chi connectivity index (χ3n) is 5.02. The molecule has 122 valence electrons. The van der Waals surface area contributed by atoms with E-state index in [9.17, 15) is 9.90 Å². The maximum atomic E-state index is 12.5. The van der Waals surface area contributed by atoms with Gasteiger partial charge in [-0.1, -0.05) is 38.6 Å². The van der Waals surface area contributed by atoms with Crippen molar-refractivity contribution in [2.45, 2.75) is 62.6 Å². The van der Waals surface area contributed by atoms with Crippen LogP contribution < -0.4 is 0 Å². The SMILES string of the molecule is C=CC[C@]1(OC)CCCC[C@H]1[C@](O)(C(=O)OC)[Si](C)(C)C. The number of esters is 1. The van der Waals surface area contributed by atoms with Gasteiger partial charge in [-0.15, -0.1) is 6.58 Å². The van der Waals surface area contributed by atoms with E-state index in [-0.39, 0.29) is 5.92 Å². The molecule has 0 aromatic rings. The Hall–Kier alpha value is -0.653. The van der Waals surface area contributed by atoms with E-state index in [1.165, 1.54) is 7.11 Å². The normalized spacial score (nSPS) is 29.5. The molecule has 1 N–H and O–H groups in total. The second-order valence-electron chi connectivity index (χ2n) is 7.07. The quantitative estimate of drug-likeness (QED) is 0.465. The summed E-state index contributed by atoms with van der Waals surface area (Å²) in [5.74, 6) is -0.764. The maximum Gasteiger partial charge on any atom is 0.334 e. The summed E-state index contributed by atoms with van der Waals surface area (Å²) in [5, 5.41) is 9.96. The van der Waals surface area contributed by atoms with Gasteiger partial charge in [0.2, 0.25) is 0 Å². The predicted molar refractivity (Wildman–Crippen MR) is 86.8 cm³/mol. The summed E-state index contributed by atoms with van der Waals surface area (Å²) in [6.07, 6.45) is 6.11. The van der Waals surface area contributed by atoms with Gasteiger partial charge in [-0.2, -0.15) is 0 Å². The van der Waals surface area contributed by atoms with Gasteiger partial charge >= 0.3 is 5.97 Å². The molecule has 0 aromatic carbocycles. The second kappa shape index (κ2) is 6.63. The molecule has 4 nitrogen and oxygen atoms in total. The first-order valence-corrected chi connectivity index (χ1v) is 11.2. The van der Waals surface area contributed by atoms with Crippen LogP contribution in [0.2, 0.25) is 19.6 Å². The molecule has 0 bridgehead atoms. The Labute approximate surface area is 129 Å². The van der Waals surface area contributed by atoms with Crippen LogP contribution in [0.15, 0.2) is 12.7 Å². The number of methoxy groups -OCH3 is 2. The minimum absolute atomic E-state index is 0.249. The summed E-state index contributed by atoms with van der Waals surface area (Å²) in [4.78, 5) is 12.5. The van der Waals surface area contributed by atoms with Gasteiger partial charge in [0.05, 0.1) is 20.8 Å². The zero-order chi connectivity index (χ0) is 16.3. The van der Waals surface area contributed by atoms with E-state index in [0.717, 1.165) is 25.7 Å². The Kier molecular flexibility index (Phi) is 5.81. The molecule has 0 saturated heterocycles. The molecule has 0 amide bonds. The van der Waals surface area contributed by atoms with Gasteiger partial charge in [0.1, 0.15) is 0 Å². The van der Waals surface area contributed by atoms with Gasteiger partial charge in [0, 0.05) is 13.0 Å². The van der Waals surface area contributed by atoms with Crippen LogP contribution in [0, 0.1) is 5.92 Å². The van der Waals surface area contributed by atoms with Gasteiger partial charge in [0.25, 0.3) is 0 Å². The first-order chi connectivity index (χ1) is 9.69. The average Bonchev–Trinajstić information content (AvgIpc) is 2.45. The summed E-state index contributed by atoms with van der Waals surface area (Å²) in [5.41, 5.74) is -0.525. The van der Waals surface area contributed by atoms with Crippen molar-refractivity contribution in [3.05, 3.63) is 12.7 Å². The summed E-state index contributed by atoms with van der Waals surface area (Å²) in [6.45, 7) is 9.85. The van der Waals surface area contributed by atoms with Crippen molar-refractivity contribution in [3.63, 3.8) is 0 Å². The van der Waals surface area contributed by atoms with Crippen LogP contribution in [0.4, 0.5) is 0 Å². The van der Waals surface area contributed by atoms with Gasteiger partial charge in [-0.3, -0.25) is 0 Å². The lowest BCUT2D eigenvalue weighted by Gasteiger charge is -2.52. The van der Waals surface area contributed by atoms with Crippen molar-refractivity contribution >= 4 is 14.0 Å². The van der Waals surface area contributed by atoms with Crippen molar-refractivity contribution in [1.82, 2.24) is 0 Å². The average molecular weight is 314 g/mol. The lowest BCUT2D eigenvalue weighted by Crippen LogP contribution is -2.69. The molecule has 0 aliphatic heterocycles. The third-order valence-corrected chi connectivity index (χ3v) is 7.86. The Morgan fingerprint density at radius 3 is 2.48 bits per heavy atom. The first-order valence-electron chi connectivity index (χ1n) is 7.66. The molecule has 0 heterocycles. The zero-order valence-electron chi connectivity index (χ0n) is 14.1. The largest absolute Gasteiger partial charge is 0.467 e. The molecule has 1 aliphatic rings. The lowest BCUT2D eigenvalue weighted by atomic mass is 9.70. The molecule has 0 unspecified atom stereocenters. The van der Waals surface area contributed by atoms with E-state index in [1.54, 1.807) is 7.11 Å². The molecule has 21 heavy (non-hydrogen) atoms. The van der Waals surface area contributed by atoms with E-state index in [1.807, 2.05) is 25.7 Å². The molecule has 0 spiro atoms. The molecular weight excluding hydrogens is 284 g/mol. The van der Waals surface area contributed by atoms with Crippen LogP contribution in [0.25, 0.3) is 0 Å². The standard InChI is InChI=1S/C16H30O4Si/c1-7-11-15(20-3)12-9-8-10-13(15)16(18,14(17)19-2)21(4,5)6/h7,13,18H,1,8-12H2,2-6H3/t13-,15+,16-/m1/s1. The van der Waals surface area contributed by atoms with E-state index in [2.05, 4.69) is 6.58 Å². The summed E-state index contributed by atoms with van der Waals surface area (Å²) >= 11 is 0. The zero-order valence-corrected chi connectivity index (χ0v) is 15.1. The molecule has 1 rings (SSSR count). The first kappa shape index (κ1) is 18.4. The highest BCUT2D eigenvalue weighted by atomic mass is 28.3. The number of carbonyl (C=O) groups excluding carboxylic acids is 1. The van der Waals surface area contributed by atoms with Crippen molar-refractivity contribution in [2.24, 2.45) is 5.92 Å². The van der Waals surface area contributed by atoms with Crippen LogP contribution in [-0.2, 0) is 14.3 Å². The fourth-order valence-electron chi connectivity index (χ4n) is 3.74. The van der Waals surface area contributed by atoms with Crippen molar-refractivity contribution in [2.75, 3.05) is 14.2 Å². The second-order valence-corrected chi connectivity index (χ2v) is 12.3. The minimum Gasteiger partial charge on any atom is -0.467 e. The Balaban J connectivity index is 3.38. The fraction of sp³-hybridized carbons (Fsp3) is 0.812. The topological polar surface area (TPSA) is 55.8 Å². The number of hydrogen-bond donors (Lipinski definition) is 1. The molecule has 0 radical (unpaired) electrons. The van der Waals surface area contributed by atoms with Crippen molar-refractivity contribution in [3.8, 4) is 0 Å². The predicted octanol–water partition coefficient (Wildman–Crippen LogP) is 2.92. The highest BCUT2D eigenvalue weighted by Crippen LogP contribution is 2.48. The molecular formula is C16H30O4Si. The monoisotopic (exact) mass is 314 g/mol. The Morgan fingerprint density at radius 2 is 2.05 bits per heavy atom. The van der Waals surface area contributed by atoms with Crippen LogP contribution >= 0.6 is 0 Å². The number of rotatable bonds is 6. The van der Waals surface area contributed by atoms with Crippen molar-refractivity contribution in [1.29, 1.82) is 0 Å². The van der Waals surface area contributed by atoms with E-state index in [0.29, 0.717) is 6.42 Å². The molecule has 3 atom stereocenters. The van der Waals surface area contributed by atoms with Crippen LogP contribution in [-0.4, -0.2) is 44.2 Å². The molecule has 5 heteroatoms. The van der Waals surface area contributed by atoms with Crippen LogP contribution in [0.3, 0.4) is 0 Å². The Bertz CT molecular complexity index is 390. The van der Waals surface area contributed by atoms with Crippen LogP contribution in [0.5, 0.6) is 0 Å². The number of carbonyl (C=O) groups is 1. The lowest BCUT2D eigenvalue weighted by molar-refractivity contribution is -0.179. The fourth-order valence-corrected chi connectivity index (χ4v) is 5.91. The summed E-state index contributed by atoms with van der Waals surface area (Å²) in [6, 6.07) is 0. The van der Waals surface area contributed by atoms with Crippen molar-refractivity contribution < 1.29 is 19.4 Å². The van der Waals surface area contributed by atoms with Crippen LogP contribution in [0.1, 0.15) is 32.1 Å². The smallest absolute Gasteiger partial charge is 0.334 e. The van der Waals surface area contributed by atoms with Gasteiger partial charge in [-0.25, -0.2) is 4.79 Å². The van der Waals surface area contributed by atoms with Gasteiger partial charge in [-0.05, 0) is 19.3 Å². The minimum atomic E-state index is -2.25. The molecule has 0 aromatic heterocycles. The molecule has 1 aliphatic carbocycles. The van der Waals surface area contributed by atoms with Gasteiger partial charge in [0.15, 0.2) is 5.22 Å². The highest BCUT2D eigenvalue weighted by Gasteiger charge is 2.61. The maximum absolute atomic E-state index is 12.5. The number of aliphatic hydroxyl groups is 1.